The summed E-state index contributed by atoms with van der Waals surface area (Å²) in [6.45, 7) is 51.0. The van der Waals surface area contributed by atoms with Gasteiger partial charge in [0.15, 0.2) is 0 Å². The number of anilines is 2. The van der Waals surface area contributed by atoms with Crippen LogP contribution in [0.5, 0.6) is 0 Å². The minimum absolute atomic E-state index is 0. The lowest BCUT2D eigenvalue weighted by molar-refractivity contribution is -0.145. The summed E-state index contributed by atoms with van der Waals surface area (Å²) in [6, 6.07) is 8.90. The van der Waals surface area contributed by atoms with Crippen LogP contribution < -0.4 is 21.7 Å². The third-order valence-corrected chi connectivity index (χ3v) is 16.8. The van der Waals surface area contributed by atoms with Crippen molar-refractivity contribution in [2.45, 2.75) is 239 Å². The molecular weight excluding hydrogens is 1410 g/mol. The molecule has 2 unspecified atom stereocenters. The van der Waals surface area contributed by atoms with Gasteiger partial charge >= 0.3 is 42.3 Å². The standard InChI is InChI=1S/C38H60N4O8.C21H30N2O6.C17H32N2O3.2CH4.B8/c1-16-21-49-34(46)39-27-20-18-19-26(23-27)38(12,13)30(42(15)35(47)50-37(9,10)11)31(43)40-29(36(6,7)8)32(44)41(14)28(24(3)4)22-25(5)33(45)48-17-2;1-8-12-28-18(26)22-15-11-9-10-14(13-15)21(5,6)16(17(24)25)23(7)19(27)29-20(2,3)4;1-9-22-16(21)12(4)10-13(11(2)3)19(8)15(20)14(18)17(5,6)7;;;1-6(2)8(5)7(3)4/h16,18-20,22-24,28-30H,1,17,21H2,2-15H3,(H,39,46)(H,40,43);8-11,13,16H,1,12H2,2-7H3,(H,22,26)(H,24,25);10-11,13-14H,9,18H2,1-8H3;2*1H4;/b25-22+;;12-10+;;;/t28-,29-,30?;;13-,14-;;;/m1.1.../s1. The third-order valence-electron chi connectivity index (χ3n) is 16.8. The fourth-order valence-corrected chi connectivity index (χ4v) is 10.6. The highest BCUT2D eigenvalue weighted by Crippen LogP contribution is 2.36. The van der Waals surface area contributed by atoms with Crippen LogP contribution in [-0.4, -0.2) is 245 Å². The second kappa shape index (κ2) is 48.6. The van der Waals surface area contributed by atoms with E-state index < -0.39 is 119 Å². The molecule has 0 heterocycles. The lowest BCUT2D eigenvalue weighted by atomic mass is 8.68. The predicted octanol–water partition coefficient (Wildman–Crippen LogP) is 11.1. The van der Waals surface area contributed by atoms with Crippen molar-refractivity contribution in [1.82, 2.24) is 24.9 Å². The smallest absolute Gasteiger partial charge is 0.411 e. The van der Waals surface area contributed by atoms with Crippen LogP contribution >= 0.6 is 0 Å². The van der Waals surface area contributed by atoms with Gasteiger partial charge in [0.25, 0.3) is 0 Å². The van der Waals surface area contributed by atoms with Crippen molar-refractivity contribution in [2.24, 2.45) is 28.4 Å². The molecule has 0 aliphatic heterocycles. The number of carbonyl (C=O) groups excluding carboxylic acids is 9. The molecule has 7 amide bonds. The summed E-state index contributed by atoms with van der Waals surface area (Å²) in [6.07, 6.45) is 1.82. The molecule has 2 aromatic carbocycles. The number of nitrogens with two attached hydrogens (primary N) is 1. The molecule has 6 atom stereocenters. The molecule has 10 radical (unpaired) electrons. The van der Waals surface area contributed by atoms with Gasteiger partial charge in [-0.15, -0.1) is 0 Å². The first-order chi connectivity index (χ1) is 49.7. The predicted molar refractivity (Wildman–Crippen MR) is 454 cm³/mol. The first-order valence-corrected chi connectivity index (χ1v) is 36.2. The Morgan fingerprint density at radius 1 is 0.532 bits per heavy atom. The van der Waals surface area contributed by atoms with Crippen molar-refractivity contribution in [3.05, 3.63) is 108 Å². The Kier molecular flexibility index (Phi) is 47.8. The highest BCUT2D eigenvalue weighted by atomic mass is 16.6. The zero-order valence-corrected chi connectivity index (χ0v) is 70.3. The van der Waals surface area contributed by atoms with Crippen LogP contribution in [0.2, 0.25) is 0 Å². The number of aliphatic carboxylic acids is 1. The number of likely N-dealkylation sites (N-methyl/N-ethyl adjacent to an activating group) is 4. The average molecular weight is 1540 g/mol. The monoisotopic (exact) mass is 1540 g/mol. The number of amides is 7. The fourth-order valence-electron chi connectivity index (χ4n) is 10.6. The Morgan fingerprint density at radius 2 is 0.865 bits per heavy atom. The molecule has 0 aliphatic rings. The number of esters is 2. The van der Waals surface area contributed by atoms with Gasteiger partial charge in [-0.2, -0.15) is 0 Å². The molecule has 0 fully saturated rings. The minimum Gasteiger partial charge on any atom is -0.480 e. The second-order valence-corrected chi connectivity index (χ2v) is 32.3. The molecule has 0 aromatic heterocycles. The van der Waals surface area contributed by atoms with Gasteiger partial charge in [-0.05, 0) is 127 Å². The summed E-state index contributed by atoms with van der Waals surface area (Å²) in [4.78, 5) is 133. The van der Waals surface area contributed by atoms with E-state index in [-0.39, 0.29) is 75.8 Å². The summed E-state index contributed by atoms with van der Waals surface area (Å²) in [7, 11) is 32.0. The first-order valence-electron chi connectivity index (χ1n) is 36.2. The van der Waals surface area contributed by atoms with Crippen LogP contribution in [-0.2, 0) is 68.0 Å². The highest BCUT2D eigenvalue weighted by molar-refractivity contribution is 7.89. The maximum Gasteiger partial charge on any atom is 0.411 e. The van der Waals surface area contributed by atoms with Gasteiger partial charge in [0.2, 0.25) is 17.7 Å². The number of carboxylic acids is 1. The molecule has 6 N–H and O–H groups in total. The third kappa shape index (κ3) is 37.8. The minimum atomic E-state index is -1.21. The zero-order valence-electron chi connectivity index (χ0n) is 70.3. The van der Waals surface area contributed by atoms with Gasteiger partial charge in [0, 0.05) is 119 Å². The normalized spacial score (nSPS) is 13.3. The van der Waals surface area contributed by atoms with Crippen molar-refractivity contribution in [3.63, 3.8) is 0 Å². The topological polar surface area (TPSA) is 321 Å². The van der Waals surface area contributed by atoms with Gasteiger partial charge in [-0.3, -0.25) is 34.8 Å². The molecule has 0 aliphatic carbocycles. The number of rotatable bonds is 29. The van der Waals surface area contributed by atoms with Crippen molar-refractivity contribution in [3.8, 4) is 0 Å². The van der Waals surface area contributed by atoms with Crippen molar-refractivity contribution < 1.29 is 81.5 Å². The molecule has 2 aromatic rings. The van der Waals surface area contributed by atoms with E-state index in [0.717, 1.165) is 4.90 Å². The Labute approximate surface area is 673 Å². The molecule has 33 heteroatoms. The summed E-state index contributed by atoms with van der Waals surface area (Å²) in [5.41, 5.74) is 4.25. The van der Waals surface area contributed by atoms with Gasteiger partial charge in [0.05, 0.1) is 31.3 Å². The Hall–Kier alpha value is -8.22. The number of nitrogens with one attached hydrogen (secondary N) is 3. The number of nitrogens with zero attached hydrogens (tertiary/aromatic N) is 4. The maximum absolute atomic E-state index is 14.6. The van der Waals surface area contributed by atoms with Crippen LogP contribution in [0.15, 0.2) is 97.1 Å². The van der Waals surface area contributed by atoms with E-state index in [1.54, 1.807) is 177 Å². The van der Waals surface area contributed by atoms with Crippen LogP contribution in [0.25, 0.3) is 0 Å². The van der Waals surface area contributed by atoms with Gasteiger partial charge in [-0.25, -0.2) is 33.6 Å². The number of carbonyl (C=O) groups is 10. The van der Waals surface area contributed by atoms with Crippen LogP contribution in [0, 0.1) is 22.7 Å². The molecular formula is C78H130B8N8O17. The lowest BCUT2D eigenvalue weighted by Crippen LogP contribution is -2.63. The van der Waals surface area contributed by atoms with E-state index in [0.29, 0.717) is 40.3 Å². The number of hydrogen-bond donors (Lipinski definition) is 5. The van der Waals surface area contributed by atoms with Crippen molar-refractivity contribution in [1.29, 1.82) is 0 Å². The van der Waals surface area contributed by atoms with Gasteiger partial charge in [-0.1, -0.05) is 174 Å². The largest absolute Gasteiger partial charge is 0.480 e. The Morgan fingerprint density at radius 3 is 1.14 bits per heavy atom. The fraction of sp³-hybridized carbons (Fsp3) is 0.615. The Balaban J connectivity index is -0.000000790. The molecule has 2 rings (SSSR count). The van der Waals surface area contributed by atoms with Crippen LogP contribution in [0.3, 0.4) is 0 Å². The molecule has 0 bridgehead atoms. The summed E-state index contributed by atoms with van der Waals surface area (Å²) >= 11 is 0. The van der Waals surface area contributed by atoms with Gasteiger partial charge in [0.1, 0.15) is 42.5 Å². The van der Waals surface area contributed by atoms with Crippen LogP contribution in [0.4, 0.5) is 30.6 Å². The quantitative estimate of drug-likeness (QED) is 0.0166. The average Bonchev–Trinajstić information content (AvgIpc) is 0.781. The second-order valence-electron chi connectivity index (χ2n) is 32.3. The number of carboxylic acid groups (broad SMARTS) is 1. The first kappa shape index (κ1) is 109. The summed E-state index contributed by atoms with van der Waals surface area (Å²) in [5.74, 6) is -3.01. The molecule has 111 heavy (non-hydrogen) atoms. The molecule has 25 nitrogen and oxygen atoms in total. The molecule has 0 saturated carbocycles. The molecule has 0 saturated heterocycles. The zero-order chi connectivity index (χ0) is 85.6. The van der Waals surface area contributed by atoms with E-state index in [1.165, 1.54) is 36.0 Å². The number of ether oxygens (including phenoxy) is 6. The molecule has 608 valence electrons. The van der Waals surface area contributed by atoms with E-state index in [1.807, 2.05) is 69.2 Å². The van der Waals surface area contributed by atoms with Gasteiger partial charge < -0.3 is 54.4 Å². The highest BCUT2D eigenvalue weighted by Gasteiger charge is 2.47. The van der Waals surface area contributed by atoms with E-state index >= 15 is 0 Å². The molecule has 0 spiro atoms. The number of benzene rings is 2. The SMILES string of the molecule is C.C.C=CCOC(=O)Nc1cccc(C(C)(C)C(C(=O)N[C@H](C(=O)N(C)[C@H](/C=C(\C)C(=O)OCC)C(C)C)C(C)(C)C)N(C)C(=O)OC(C)(C)C)c1.C=CCOC(=O)Nc1cccc(C(C)(C)C(C(=O)O)N(C)C(=O)OC(C)(C)C)c1.CCOC(=O)/C(C)=C/[C@H](C(C)C)N(C)C(=O)[C@@H](N)C(C)(C)C.[B]B([B])B([B])B([B])[B]. The van der Waals surface area contributed by atoms with E-state index in [2.05, 4.69) is 29.1 Å². The van der Waals surface area contributed by atoms with E-state index in [9.17, 15) is 53.1 Å². The Bertz CT molecular complexity index is 3410. The number of hydrogen-bond acceptors (Lipinski definition) is 17. The van der Waals surface area contributed by atoms with Crippen molar-refractivity contribution in [2.75, 3.05) is 65.3 Å². The lowest BCUT2D eigenvalue weighted by Gasteiger charge is -2.42. The van der Waals surface area contributed by atoms with Crippen LogP contribution in [0.1, 0.15) is 192 Å². The van der Waals surface area contributed by atoms with Crippen molar-refractivity contribution >= 4 is 129 Å². The summed E-state index contributed by atoms with van der Waals surface area (Å²) in [5, 5.41) is 18.1. The summed E-state index contributed by atoms with van der Waals surface area (Å²) < 4.78 is 31.1. The maximum atomic E-state index is 14.6. The van der Waals surface area contributed by atoms with E-state index in [4.69, 9.17) is 72.8 Å².